The minimum absolute atomic E-state index is 0.578. The largest absolute Gasteiger partial charge is 0.356 e. The van der Waals surface area contributed by atoms with Crippen LogP contribution in [0.25, 0.3) is 0 Å². The highest BCUT2D eigenvalue weighted by Gasteiger charge is 2.35. The number of nitrogens with one attached hydrogen (secondary N) is 1. The molecule has 2 aliphatic rings. The molecular weight excluding hydrogens is 314 g/mol. The zero-order chi connectivity index (χ0) is 12.7. The Hall–Kier alpha value is -0.320. The standard InChI is InChI=1S/C13H17BrClN3/c1-18(13-12(14)4-8(15)7-16-13)11-5-9-2-3-10(6-11)17-9/h4,7,9-11,17H,2-3,5-6H2,1H3. The lowest BCUT2D eigenvalue weighted by Gasteiger charge is -2.36. The second-order valence-electron chi connectivity index (χ2n) is 5.33. The fourth-order valence-corrected chi connectivity index (χ4v) is 4.10. The summed E-state index contributed by atoms with van der Waals surface area (Å²) in [6, 6.07) is 3.88. The first kappa shape index (κ1) is 12.7. The van der Waals surface area contributed by atoms with E-state index in [1.54, 1.807) is 6.20 Å². The van der Waals surface area contributed by atoms with Crippen LogP contribution < -0.4 is 10.2 Å². The van der Waals surface area contributed by atoms with Crippen LogP contribution in [0.1, 0.15) is 25.7 Å². The molecule has 2 atom stereocenters. The summed E-state index contributed by atoms with van der Waals surface area (Å²) < 4.78 is 0.975. The minimum Gasteiger partial charge on any atom is -0.356 e. The lowest BCUT2D eigenvalue weighted by Crippen LogP contribution is -2.47. The number of anilines is 1. The molecule has 2 bridgehead atoms. The van der Waals surface area contributed by atoms with Crippen molar-refractivity contribution < 1.29 is 0 Å². The Morgan fingerprint density at radius 1 is 1.39 bits per heavy atom. The second-order valence-corrected chi connectivity index (χ2v) is 6.62. The molecule has 1 aromatic heterocycles. The SMILES string of the molecule is CN(c1ncc(Cl)cc1Br)C1CC2CCC(C1)N2. The van der Waals surface area contributed by atoms with E-state index in [4.69, 9.17) is 11.6 Å². The van der Waals surface area contributed by atoms with Crippen molar-refractivity contribution in [1.82, 2.24) is 10.3 Å². The maximum atomic E-state index is 5.94. The van der Waals surface area contributed by atoms with Gasteiger partial charge in [0.1, 0.15) is 5.82 Å². The molecule has 0 aromatic carbocycles. The van der Waals surface area contributed by atoms with Crippen molar-refractivity contribution in [2.75, 3.05) is 11.9 Å². The van der Waals surface area contributed by atoms with Crippen LogP contribution in [0, 0.1) is 0 Å². The first-order chi connectivity index (χ1) is 8.63. The molecule has 0 aliphatic carbocycles. The molecule has 3 nitrogen and oxygen atoms in total. The Bertz CT molecular complexity index is 442. The van der Waals surface area contributed by atoms with Crippen LogP contribution in [0.2, 0.25) is 5.02 Å². The van der Waals surface area contributed by atoms with Crippen LogP contribution in [0.15, 0.2) is 16.7 Å². The van der Waals surface area contributed by atoms with E-state index in [9.17, 15) is 0 Å². The minimum atomic E-state index is 0.578. The predicted octanol–water partition coefficient (Wildman–Crippen LogP) is 3.22. The van der Waals surface area contributed by atoms with Gasteiger partial charge in [0, 0.05) is 31.4 Å². The van der Waals surface area contributed by atoms with Crippen LogP contribution in [-0.2, 0) is 0 Å². The molecule has 3 rings (SSSR count). The van der Waals surface area contributed by atoms with Crippen LogP contribution in [-0.4, -0.2) is 30.2 Å². The van der Waals surface area contributed by atoms with Crippen LogP contribution >= 0.6 is 27.5 Å². The van der Waals surface area contributed by atoms with Gasteiger partial charge in [-0.2, -0.15) is 0 Å². The monoisotopic (exact) mass is 329 g/mol. The quantitative estimate of drug-likeness (QED) is 0.902. The van der Waals surface area contributed by atoms with Gasteiger partial charge in [-0.1, -0.05) is 11.6 Å². The van der Waals surface area contributed by atoms with E-state index >= 15 is 0 Å². The normalized spacial score (nSPS) is 30.5. The molecule has 98 valence electrons. The molecule has 1 aromatic rings. The molecule has 2 saturated heterocycles. The summed E-state index contributed by atoms with van der Waals surface area (Å²) in [5.41, 5.74) is 0. The number of hydrogen-bond acceptors (Lipinski definition) is 3. The fourth-order valence-electron chi connectivity index (χ4n) is 3.18. The molecule has 3 heterocycles. The molecule has 0 amide bonds. The highest BCUT2D eigenvalue weighted by molar-refractivity contribution is 9.10. The Kier molecular flexibility index (Phi) is 3.52. The number of fused-ring (bicyclic) bond motifs is 2. The van der Waals surface area contributed by atoms with Crippen molar-refractivity contribution >= 4 is 33.3 Å². The highest BCUT2D eigenvalue weighted by Crippen LogP contribution is 2.33. The molecule has 0 spiro atoms. The lowest BCUT2D eigenvalue weighted by molar-refractivity contribution is 0.353. The van der Waals surface area contributed by atoms with E-state index in [1.807, 2.05) is 6.07 Å². The van der Waals surface area contributed by atoms with Crippen LogP contribution in [0.3, 0.4) is 0 Å². The van der Waals surface area contributed by atoms with Crippen molar-refractivity contribution in [2.45, 2.75) is 43.8 Å². The third kappa shape index (κ3) is 2.38. The van der Waals surface area contributed by atoms with Crippen molar-refractivity contribution in [3.05, 3.63) is 21.8 Å². The molecule has 2 fully saturated rings. The maximum absolute atomic E-state index is 5.94. The van der Waals surface area contributed by atoms with Gasteiger partial charge in [-0.3, -0.25) is 0 Å². The second kappa shape index (κ2) is 4.99. The molecule has 2 unspecified atom stereocenters. The summed E-state index contributed by atoms with van der Waals surface area (Å²) in [4.78, 5) is 6.75. The summed E-state index contributed by atoms with van der Waals surface area (Å²) in [5, 5.41) is 4.34. The van der Waals surface area contributed by atoms with Gasteiger partial charge in [-0.15, -0.1) is 0 Å². The van der Waals surface area contributed by atoms with E-state index < -0.39 is 0 Å². The molecule has 5 heteroatoms. The number of piperidine rings is 1. The Morgan fingerprint density at radius 3 is 2.67 bits per heavy atom. The van der Waals surface area contributed by atoms with E-state index in [0.717, 1.165) is 10.3 Å². The van der Waals surface area contributed by atoms with Crippen molar-refractivity contribution in [3.63, 3.8) is 0 Å². The summed E-state index contributed by atoms with van der Waals surface area (Å²) in [7, 11) is 2.14. The van der Waals surface area contributed by atoms with Gasteiger partial charge in [0.05, 0.1) is 9.50 Å². The number of pyridine rings is 1. The number of rotatable bonds is 2. The first-order valence-corrected chi connectivity index (χ1v) is 7.60. The van der Waals surface area contributed by atoms with Gasteiger partial charge in [0.25, 0.3) is 0 Å². The predicted molar refractivity (Wildman–Crippen MR) is 78.3 cm³/mol. The van der Waals surface area contributed by atoms with E-state index in [0.29, 0.717) is 23.1 Å². The molecule has 2 aliphatic heterocycles. The van der Waals surface area contributed by atoms with Gasteiger partial charge >= 0.3 is 0 Å². The number of hydrogen-bond donors (Lipinski definition) is 1. The topological polar surface area (TPSA) is 28.2 Å². The van der Waals surface area contributed by atoms with Crippen molar-refractivity contribution in [1.29, 1.82) is 0 Å². The van der Waals surface area contributed by atoms with Gasteiger partial charge < -0.3 is 10.2 Å². The van der Waals surface area contributed by atoms with E-state index in [2.05, 4.69) is 38.2 Å². The Balaban J connectivity index is 1.79. The van der Waals surface area contributed by atoms with Crippen molar-refractivity contribution in [2.24, 2.45) is 0 Å². The highest BCUT2D eigenvalue weighted by atomic mass is 79.9. The van der Waals surface area contributed by atoms with Gasteiger partial charge in [0.2, 0.25) is 0 Å². The van der Waals surface area contributed by atoms with E-state index in [1.165, 1.54) is 25.7 Å². The van der Waals surface area contributed by atoms with Gasteiger partial charge in [-0.25, -0.2) is 4.98 Å². The zero-order valence-corrected chi connectivity index (χ0v) is 12.7. The third-order valence-corrected chi connectivity index (χ3v) is 4.91. The summed E-state index contributed by atoms with van der Waals surface area (Å²) in [6.45, 7) is 0. The number of halogens is 2. The summed E-state index contributed by atoms with van der Waals surface area (Å²) in [6.07, 6.45) is 6.79. The van der Waals surface area contributed by atoms with Crippen LogP contribution in [0.4, 0.5) is 5.82 Å². The van der Waals surface area contributed by atoms with Crippen LogP contribution in [0.5, 0.6) is 0 Å². The molecule has 18 heavy (non-hydrogen) atoms. The third-order valence-electron chi connectivity index (χ3n) is 4.12. The zero-order valence-electron chi connectivity index (χ0n) is 10.4. The maximum Gasteiger partial charge on any atom is 0.142 e. The first-order valence-electron chi connectivity index (χ1n) is 6.43. The summed E-state index contributed by atoms with van der Waals surface area (Å²) in [5.74, 6) is 0.991. The smallest absolute Gasteiger partial charge is 0.142 e. The molecule has 0 radical (unpaired) electrons. The fraction of sp³-hybridized carbons (Fsp3) is 0.615. The molecule has 1 N–H and O–H groups in total. The van der Waals surface area contributed by atoms with Gasteiger partial charge in [-0.05, 0) is 47.7 Å². The van der Waals surface area contributed by atoms with Crippen molar-refractivity contribution in [3.8, 4) is 0 Å². The summed E-state index contributed by atoms with van der Waals surface area (Å²) >= 11 is 9.50. The molecular formula is C13H17BrClN3. The van der Waals surface area contributed by atoms with Gasteiger partial charge in [0.15, 0.2) is 0 Å². The average Bonchev–Trinajstić information content (AvgIpc) is 2.67. The number of nitrogens with zero attached hydrogens (tertiary/aromatic N) is 2. The Labute approximate surface area is 121 Å². The number of aromatic nitrogens is 1. The molecule has 0 saturated carbocycles. The lowest BCUT2D eigenvalue weighted by atomic mass is 9.98. The Morgan fingerprint density at radius 2 is 2.06 bits per heavy atom. The average molecular weight is 331 g/mol. The van der Waals surface area contributed by atoms with E-state index in [-0.39, 0.29) is 0 Å².